The Morgan fingerprint density at radius 2 is 1.47 bits per heavy atom. The number of carbonyl (C=O) groups is 1. The Balaban J connectivity index is 0.936. The van der Waals surface area contributed by atoms with Gasteiger partial charge in [0, 0.05) is 51.0 Å². The zero-order chi connectivity index (χ0) is 41.5. The number of nitrogens with one attached hydrogen (secondary N) is 2. The zero-order valence-corrected chi connectivity index (χ0v) is 34.7. The Morgan fingerprint density at radius 1 is 0.783 bits per heavy atom. The number of sulfonamides is 1. The Labute approximate surface area is 352 Å². The first-order chi connectivity index (χ1) is 29.1. The second-order valence-corrected chi connectivity index (χ2v) is 17.7. The number of nitrogens with zero attached hydrogens (tertiary/aromatic N) is 1. The molecule has 3 N–H and O–H groups in total. The van der Waals surface area contributed by atoms with Crippen molar-refractivity contribution in [2.45, 2.75) is 81.0 Å². The molecule has 1 amide bonds. The van der Waals surface area contributed by atoms with Gasteiger partial charge in [-0.05, 0) is 64.9 Å². The van der Waals surface area contributed by atoms with E-state index < -0.39 is 34.0 Å². The van der Waals surface area contributed by atoms with E-state index in [1.54, 1.807) is 24.3 Å². The van der Waals surface area contributed by atoms with Crippen LogP contribution in [0.1, 0.15) is 65.0 Å². The molecule has 3 heterocycles. The maximum atomic E-state index is 13.7. The molecule has 3 fully saturated rings. The predicted octanol–water partition coefficient (Wildman–Crippen LogP) is 6.74. The predicted molar refractivity (Wildman–Crippen MR) is 228 cm³/mol. The van der Waals surface area contributed by atoms with Crippen molar-refractivity contribution in [2.75, 3.05) is 32.8 Å². The van der Waals surface area contributed by atoms with Crippen LogP contribution in [0.15, 0.2) is 132 Å². The normalized spacial score (nSPS) is 21.1. The molecule has 0 unspecified atom stereocenters. The van der Waals surface area contributed by atoms with Crippen LogP contribution in [0.4, 0.5) is 0 Å². The number of hydrogen-bond acceptors (Lipinski definition) is 9. The van der Waals surface area contributed by atoms with Gasteiger partial charge in [0.2, 0.25) is 15.9 Å². The first-order valence-electron chi connectivity index (χ1n) is 20.7. The maximum Gasteiger partial charge on any atom is 0.241 e. The third-order valence-electron chi connectivity index (χ3n) is 11.6. The summed E-state index contributed by atoms with van der Waals surface area (Å²) in [5.41, 5.74) is 7.42. The van der Waals surface area contributed by atoms with Crippen molar-refractivity contribution >= 4 is 15.9 Å². The maximum absolute atomic E-state index is 13.7. The van der Waals surface area contributed by atoms with Gasteiger partial charge in [0.15, 0.2) is 12.1 Å². The van der Waals surface area contributed by atoms with Gasteiger partial charge in [0.1, 0.15) is 6.04 Å². The summed E-state index contributed by atoms with van der Waals surface area (Å²) >= 11 is 0. The van der Waals surface area contributed by atoms with E-state index >= 15 is 0 Å². The SMILES string of the molecule is Cc1ccc(S(=O)(=O)N[C@H](Cc2ccccc2)C(=O)NCc2cccc(-c3ccc([C@@H]4O[C@H](CN5CCC6(CC5)OCCO6)C[C@H](c5ccc(CO)cc5)O4)cc3)c2)cc1. The van der Waals surface area contributed by atoms with Crippen molar-refractivity contribution in [1.29, 1.82) is 0 Å². The average Bonchev–Trinajstić information content (AvgIpc) is 3.74. The highest BCUT2D eigenvalue weighted by Crippen LogP contribution is 2.39. The minimum Gasteiger partial charge on any atom is -0.392 e. The molecule has 0 radical (unpaired) electrons. The van der Waals surface area contributed by atoms with Crippen LogP contribution < -0.4 is 10.0 Å². The van der Waals surface area contributed by atoms with E-state index in [4.69, 9.17) is 18.9 Å². The molecule has 314 valence electrons. The number of hydrogen-bond donors (Lipinski definition) is 3. The van der Waals surface area contributed by atoms with Gasteiger partial charge in [0.05, 0.1) is 36.9 Å². The number of ether oxygens (including phenoxy) is 4. The summed E-state index contributed by atoms with van der Waals surface area (Å²) in [6, 6.07) is 39.0. The highest BCUT2D eigenvalue weighted by atomic mass is 32.2. The molecule has 0 aromatic heterocycles. The molecule has 8 rings (SSSR count). The molecule has 3 saturated heterocycles. The van der Waals surface area contributed by atoms with Crippen LogP contribution in [0.2, 0.25) is 0 Å². The molecule has 3 aliphatic rings. The molecule has 60 heavy (non-hydrogen) atoms. The summed E-state index contributed by atoms with van der Waals surface area (Å²) in [6.45, 7) is 5.93. The summed E-state index contributed by atoms with van der Waals surface area (Å²) in [5, 5.41) is 12.6. The topological polar surface area (TPSA) is 136 Å². The molecule has 0 aliphatic carbocycles. The molecular weight excluding hydrogens is 779 g/mol. The molecular formula is C48H53N3O8S. The number of rotatable bonds is 14. The molecule has 11 nitrogen and oxygen atoms in total. The zero-order valence-electron chi connectivity index (χ0n) is 33.9. The van der Waals surface area contributed by atoms with Crippen molar-refractivity contribution < 1.29 is 37.3 Å². The van der Waals surface area contributed by atoms with Crippen LogP contribution in [-0.4, -0.2) is 75.1 Å². The monoisotopic (exact) mass is 831 g/mol. The fraction of sp³-hybridized carbons (Fsp3) is 0.354. The van der Waals surface area contributed by atoms with E-state index in [0.717, 1.165) is 77.0 Å². The summed E-state index contributed by atoms with van der Waals surface area (Å²) in [6.07, 6.45) is 1.75. The van der Waals surface area contributed by atoms with E-state index in [1.165, 1.54) is 0 Å². The van der Waals surface area contributed by atoms with Gasteiger partial charge in [-0.2, -0.15) is 4.72 Å². The van der Waals surface area contributed by atoms with Crippen LogP contribution in [-0.2, 0) is 53.3 Å². The van der Waals surface area contributed by atoms with Gasteiger partial charge in [-0.25, -0.2) is 8.42 Å². The summed E-state index contributed by atoms with van der Waals surface area (Å²) < 4.78 is 54.6. The van der Waals surface area contributed by atoms with Crippen molar-refractivity contribution in [3.8, 4) is 11.1 Å². The molecule has 0 bridgehead atoms. The van der Waals surface area contributed by atoms with Crippen LogP contribution in [0.3, 0.4) is 0 Å². The van der Waals surface area contributed by atoms with Gasteiger partial charge < -0.3 is 34.3 Å². The number of benzene rings is 5. The van der Waals surface area contributed by atoms with Crippen molar-refractivity contribution in [3.05, 3.63) is 161 Å². The Morgan fingerprint density at radius 3 is 2.17 bits per heavy atom. The van der Waals surface area contributed by atoms with Gasteiger partial charge in [-0.3, -0.25) is 4.79 Å². The molecule has 5 aromatic carbocycles. The second-order valence-electron chi connectivity index (χ2n) is 16.0. The lowest BCUT2D eigenvalue weighted by atomic mass is 9.98. The highest BCUT2D eigenvalue weighted by Gasteiger charge is 2.41. The van der Waals surface area contributed by atoms with E-state index in [1.807, 2.05) is 97.9 Å². The van der Waals surface area contributed by atoms with Gasteiger partial charge in [-0.15, -0.1) is 0 Å². The number of aliphatic hydroxyl groups is 1. The fourth-order valence-corrected chi connectivity index (χ4v) is 9.39. The number of aliphatic hydroxyl groups excluding tert-OH is 1. The molecule has 4 atom stereocenters. The summed E-state index contributed by atoms with van der Waals surface area (Å²) in [4.78, 5) is 16.2. The quantitative estimate of drug-likeness (QED) is 0.111. The lowest BCUT2D eigenvalue weighted by molar-refractivity contribution is -0.255. The van der Waals surface area contributed by atoms with Crippen molar-refractivity contribution in [3.63, 3.8) is 0 Å². The van der Waals surface area contributed by atoms with Crippen LogP contribution in [0.5, 0.6) is 0 Å². The van der Waals surface area contributed by atoms with Crippen molar-refractivity contribution in [1.82, 2.24) is 14.9 Å². The first-order valence-corrected chi connectivity index (χ1v) is 22.2. The van der Waals surface area contributed by atoms with E-state index in [2.05, 4.69) is 27.1 Å². The van der Waals surface area contributed by atoms with Gasteiger partial charge in [0.25, 0.3) is 0 Å². The summed E-state index contributed by atoms with van der Waals surface area (Å²) in [7, 11) is -3.96. The minimum absolute atomic E-state index is 0.0119. The van der Waals surface area contributed by atoms with Crippen molar-refractivity contribution in [2.24, 2.45) is 0 Å². The Hall–Kier alpha value is -4.76. The first kappa shape index (κ1) is 42.0. The van der Waals surface area contributed by atoms with E-state index in [0.29, 0.717) is 19.6 Å². The van der Waals surface area contributed by atoms with Gasteiger partial charge >= 0.3 is 0 Å². The minimum atomic E-state index is -3.96. The Kier molecular flexibility index (Phi) is 13.2. The highest BCUT2D eigenvalue weighted by molar-refractivity contribution is 7.89. The van der Waals surface area contributed by atoms with Crippen LogP contribution in [0, 0.1) is 6.92 Å². The molecule has 12 heteroatoms. The average molecular weight is 832 g/mol. The second kappa shape index (κ2) is 18.9. The number of likely N-dealkylation sites (tertiary alicyclic amines) is 1. The van der Waals surface area contributed by atoms with E-state index in [-0.39, 0.29) is 36.7 Å². The number of aryl methyl sites for hydroxylation is 1. The lowest BCUT2D eigenvalue weighted by Crippen LogP contribution is -2.48. The number of piperidine rings is 1. The lowest BCUT2D eigenvalue weighted by Gasteiger charge is -2.41. The molecule has 5 aromatic rings. The largest absolute Gasteiger partial charge is 0.392 e. The number of carbonyl (C=O) groups excluding carboxylic acids is 1. The van der Waals surface area contributed by atoms with Crippen LogP contribution >= 0.6 is 0 Å². The third kappa shape index (κ3) is 10.4. The van der Waals surface area contributed by atoms with Gasteiger partial charge in [-0.1, -0.05) is 115 Å². The molecule has 3 aliphatic heterocycles. The summed E-state index contributed by atoms with van der Waals surface area (Å²) in [5.74, 6) is -0.850. The van der Waals surface area contributed by atoms with Crippen LogP contribution in [0.25, 0.3) is 11.1 Å². The standard InChI is InChI=1S/C48H53N3O8S/c1-34-10-20-43(21-11-34)60(54,55)50-44(29-35-6-3-2-4-7-35)46(53)49-31-37-8-5-9-41(28-37)38-16-18-40(19-17-38)47-58-42(30-45(59-47)39-14-12-36(33-52)13-15-39)32-51-24-22-48(23-25-51)56-26-27-57-48/h2-21,28,42,44-45,47,50,52H,22-27,29-33H2,1H3,(H,49,53)/t42-,44+,45+,47+/m0/s1. The number of amides is 1. The molecule has 0 saturated carbocycles. The Bertz CT molecular complexity index is 2290. The van der Waals surface area contributed by atoms with E-state index in [9.17, 15) is 18.3 Å². The molecule has 1 spiro atoms. The fourth-order valence-electron chi connectivity index (χ4n) is 8.20. The smallest absolute Gasteiger partial charge is 0.241 e. The third-order valence-corrected chi connectivity index (χ3v) is 13.1.